The van der Waals surface area contributed by atoms with Crippen molar-refractivity contribution in [2.75, 3.05) is 52.9 Å². The van der Waals surface area contributed by atoms with Crippen LogP contribution in [0.15, 0.2) is 0 Å². The highest BCUT2D eigenvalue weighted by atomic mass is 16.1. The summed E-state index contributed by atoms with van der Waals surface area (Å²) in [6, 6.07) is 1.52. The molecule has 0 radical (unpaired) electrons. The van der Waals surface area contributed by atoms with Crippen LogP contribution in [0.4, 0.5) is 0 Å². The predicted octanol–water partition coefficient (Wildman–Crippen LogP) is 3.34. The Morgan fingerprint density at radius 3 is 2.50 bits per heavy atom. The zero-order valence-electron chi connectivity index (χ0n) is 19.5. The lowest BCUT2D eigenvalue weighted by Crippen LogP contribution is -2.63. The average molecular weight is 419 g/mol. The van der Waals surface area contributed by atoms with Crippen molar-refractivity contribution in [2.45, 2.75) is 89.1 Å². The summed E-state index contributed by atoms with van der Waals surface area (Å²) < 4.78 is 0. The summed E-state index contributed by atoms with van der Waals surface area (Å²) in [4.78, 5) is 20.4. The second-order valence-corrected chi connectivity index (χ2v) is 10.6. The first kappa shape index (κ1) is 22.5. The van der Waals surface area contributed by atoms with E-state index in [0.717, 1.165) is 43.8 Å². The monoisotopic (exact) mass is 418 g/mol. The molecule has 4 saturated heterocycles. The highest BCUT2D eigenvalue weighted by Crippen LogP contribution is 2.42. The Bertz CT molecular complexity index is 531. The summed E-state index contributed by atoms with van der Waals surface area (Å²) >= 11 is 0. The van der Waals surface area contributed by atoms with Crippen LogP contribution in [-0.2, 0) is 4.79 Å². The van der Waals surface area contributed by atoms with Crippen LogP contribution in [0, 0.1) is 11.8 Å². The predicted molar refractivity (Wildman–Crippen MR) is 124 cm³/mol. The minimum absolute atomic E-state index is 0.269. The molecular weight excluding hydrogens is 372 g/mol. The number of hydrogen-bond acceptors (Lipinski definition) is 4. The Labute approximate surface area is 184 Å². The fourth-order valence-corrected chi connectivity index (χ4v) is 7.09. The molecule has 172 valence electrons. The summed E-state index contributed by atoms with van der Waals surface area (Å²) in [7, 11) is 2.34. The van der Waals surface area contributed by atoms with E-state index in [0.29, 0.717) is 12.5 Å². The molecule has 4 aliphatic heterocycles. The van der Waals surface area contributed by atoms with E-state index in [1.165, 1.54) is 90.5 Å². The van der Waals surface area contributed by atoms with Gasteiger partial charge in [-0.15, -0.1) is 0 Å². The topological polar surface area (TPSA) is 38.8 Å². The van der Waals surface area contributed by atoms with Gasteiger partial charge in [-0.1, -0.05) is 12.8 Å². The molecular formula is C25H46N4O. The largest absolute Gasteiger partial charge is 0.356 e. The molecule has 30 heavy (non-hydrogen) atoms. The van der Waals surface area contributed by atoms with Crippen molar-refractivity contribution < 1.29 is 4.79 Å². The maximum Gasteiger partial charge on any atom is 0.219 e. The van der Waals surface area contributed by atoms with Crippen LogP contribution in [0.3, 0.4) is 0 Å². The average Bonchev–Trinajstić information content (AvgIpc) is 3.02. The van der Waals surface area contributed by atoms with Gasteiger partial charge in [0.25, 0.3) is 0 Å². The van der Waals surface area contributed by atoms with Crippen molar-refractivity contribution in [3.8, 4) is 0 Å². The molecule has 0 spiro atoms. The van der Waals surface area contributed by atoms with Gasteiger partial charge in [-0.25, -0.2) is 0 Å². The van der Waals surface area contributed by atoms with E-state index in [2.05, 4.69) is 27.1 Å². The van der Waals surface area contributed by atoms with Gasteiger partial charge in [0.05, 0.1) is 0 Å². The van der Waals surface area contributed by atoms with Crippen molar-refractivity contribution in [1.82, 2.24) is 20.0 Å². The lowest BCUT2D eigenvalue weighted by Gasteiger charge is -2.57. The quantitative estimate of drug-likeness (QED) is 0.614. The van der Waals surface area contributed by atoms with Gasteiger partial charge < -0.3 is 15.1 Å². The number of likely N-dealkylation sites (tertiary alicyclic amines) is 2. The van der Waals surface area contributed by atoms with Gasteiger partial charge in [-0.05, 0) is 109 Å². The van der Waals surface area contributed by atoms with Crippen LogP contribution in [0.25, 0.3) is 0 Å². The number of carbonyl (C=O) groups excluding carboxylic acids is 1. The van der Waals surface area contributed by atoms with Crippen molar-refractivity contribution in [3.05, 3.63) is 0 Å². The summed E-state index contributed by atoms with van der Waals surface area (Å²) in [5, 5.41) is 3.19. The Morgan fingerprint density at radius 1 is 0.933 bits per heavy atom. The van der Waals surface area contributed by atoms with Crippen LogP contribution < -0.4 is 5.32 Å². The van der Waals surface area contributed by atoms with Crippen LogP contribution >= 0.6 is 0 Å². The molecule has 0 saturated carbocycles. The number of hydrogen-bond donors (Lipinski definition) is 1. The summed E-state index contributed by atoms with van der Waals surface area (Å²) in [5.74, 6) is 1.99. The molecule has 5 heteroatoms. The SMILES string of the molecule is CN1C[C@@H]2CCCN3CCC[C@@H]([C@H]23)[C@H]1CCCC(=O)NCCCN1CCCCCC1. The van der Waals surface area contributed by atoms with Gasteiger partial charge in [0.15, 0.2) is 0 Å². The van der Waals surface area contributed by atoms with Crippen molar-refractivity contribution in [3.63, 3.8) is 0 Å². The summed E-state index contributed by atoms with van der Waals surface area (Å²) in [5.41, 5.74) is 0. The molecule has 0 aromatic carbocycles. The molecule has 0 aliphatic carbocycles. The zero-order chi connectivity index (χ0) is 20.8. The molecule has 0 bridgehead atoms. The second-order valence-electron chi connectivity index (χ2n) is 10.6. The molecule has 5 nitrogen and oxygen atoms in total. The smallest absolute Gasteiger partial charge is 0.219 e. The van der Waals surface area contributed by atoms with Gasteiger partial charge in [0, 0.05) is 31.6 Å². The highest BCUT2D eigenvalue weighted by molar-refractivity contribution is 5.75. The van der Waals surface area contributed by atoms with Crippen LogP contribution in [0.2, 0.25) is 0 Å². The lowest BCUT2D eigenvalue weighted by molar-refractivity contribution is -0.121. The van der Waals surface area contributed by atoms with Crippen molar-refractivity contribution in [2.24, 2.45) is 11.8 Å². The second kappa shape index (κ2) is 11.3. The van der Waals surface area contributed by atoms with Gasteiger partial charge in [-0.2, -0.15) is 0 Å². The molecule has 4 heterocycles. The number of rotatable bonds is 8. The number of nitrogens with zero attached hydrogens (tertiary/aromatic N) is 3. The molecule has 4 rings (SSSR count). The van der Waals surface area contributed by atoms with Crippen LogP contribution in [-0.4, -0.2) is 85.6 Å². The molecule has 0 aromatic rings. The molecule has 4 fully saturated rings. The molecule has 1 amide bonds. The van der Waals surface area contributed by atoms with Crippen molar-refractivity contribution >= 4 is 5.91 Å². The maximum absolute atomic E-state index is 12.4. The van der Waals surface area contributed by atoms with E-state index < -0.39 is 0 Å². The first-order valence-electron chi connectivity index (χ1n) is 13.2. The standard InChI is InChI=1S/C25H46N4O/c1-27-20-21-10-7-18-29-19-8-11-22(25(21)29)23(27)12-6-13-24(30)26-14-9-17-28-15-4-2-3-5-16-28/h21-23,25H,2-20H2,1H3,(H,26,30)/t21-,22+,23+,25-/m0/s1. The van der Waals surface area contributed by atoms with Crippen LogP contribution in [0.1, 0.15) is 77.0 Å². The Balaban J connectivity index is 1.14. The first-order valence-corrected chi connectivity index (χ1v) is 13.2. The van der Waals surface area contributed by atoms with E-state index in [4.69, 9.17) is 0 Å². The lowest BCUT2D eigenvalue weighted by atomic mass is 9.69. The summed E-state index contributed by atoms with van der Waals surface area (Å²) in [6.45, 7) is 8.42. The Morgan fingerprint density at radius 2 is 1.70 bits per heavy atom. The van der Waals surface area contributed by atoms with E-state index in [1.54, 1.807) is 0 Å². The van der Waals surface area contributed by atoms with Gasteiger partial charge in [-0.3, -0.25) is 9.69 Å². The highest BCUT2D eigenvalue weighted by Gasteiger charge is 2.47. The molecule has 0 aromatic heterocycles. The van der Waals surface area contributed by atoms with Crippen LogP contribution in [0.5, 0.6) is 0 Å². The molecule has 4 atom stereocenters. The molecule has 4 aliphatic rings. The van der Waals surface area contributed by atoms with Gasteiger partial charge >= 0.3 is 0 Å². The van der Waals surface area contributed by atoms with Gasteiger partial charge in [0.1, 0.15) is 0 Å². The fourth-order valence-electron chi connectivity index (χ4n) is 7.09. The fraction of sp³-hybridized carbons (Fsp3) is 0.960. The number of carbonyl (C=O) groups is 1. The van der Waals surface area contributed by atoms with E-state index in [9.17, 15) is 4.79 Å². The first-order chi connectivity index (χ1) is 14.7. The van der Waals surface area contributed by atoms with E-state index in [-0.39, 0.29) is 5.91 Å². The third-order valence-corrected chi connectivity index (χ3v) is 8.50. The van der Waals surface area contributed by atoms with Crippen molar-refractivity contribution in [1.29, 1.82) is 0 Å². The normalized spacial score (nSPS) is 33.6. The zero-order valence-corrected chi connectivity index (χ0v) is 19.5. The molecule has 0 unspecified atom stereocenters. The minimum Gasteiger partial charge on any atom is -0.356 e. The van der Waals surface area contributed by atoms with E-state index >= 15 is 0 Å². The minimum atomic E-state index is 0.269. The summed E-state index contributed by atoms with van der Waals surface area (Å²) in [6.07, 6.45) is 15.1. The maximum atomic E-state index is 12.4. The third kappa shape index (κ3) is 5.77. The Hall–Kier alpha value is -0.650. The number of piperidine rings is 3. The number of amides is 1. The van der Waals surface area contributed by atoms with Gasteiger partial charge in [0.2, 0.25) is 5.91 Å². The third-order valence-electron chi connectivity index (χ3n) is 8.50. The van der Waals surface area contributed by atoms with E-state index in [1.807, 2.05) is 0 Å². The number of nitrogens with one attached hydrogen (secondary N) is 1. The molecule has 1 N–H and O–H groups in total. The Kier molecular flexibility index (Phi) is 8.48.